The summed E-state index contributed by atoms with van der Waals surface area (Å²) in [6.07, 6.45) is 0. The number of aryl methyl sites for hydroxylation is 1. The van der Waals surface area contributed by atoms with Gasteiger partial charge in [-0.3, -0.25) is 0 Å². The highest BCUT2D eigenvalue weighted by atomic mass is 19.1. The average Bonchev–Trinajstić information content (AvgIpc) is 2.60. The zero-order valence-electron chi connectivity index (χ0n) is 14.4. The van der Waals surface area contributed by atoms with Gasteiger partial charge >= 0.3 is 0 Å². The highest BCUT2D eigenvalue weighted by Crippen LogP contribution is 2.19. The second kappa shape index (κ2) is 8.91. The minimum atomic E-state index is -0.229. The fourth-order valence-corrected chi connectivity index (χ4v) is 2.26. The summed E-state index contributed by atoms with van der Waals surface area (Å²) in [6.45, 7) is 5.94. The quantitative estimate of drug-likeness (QED) is 0.631. The first-order valence-corrected chi connectivity index (χ1v) is 8.02. The smallest absolute Gasteiger partial charge is 0.191 e. The van der Waals surface area contributed by atoms with Gasteiger partial charge in [-0.05, 0) is 48.7 Å². The molecule has 2 aromatic rings. The first-order chi connectivity index (χ1) is 11.6. The molecule has 0 radical (unpaired) electrons. The maximum absolute atomic E-state index is 12.9. The van der Waals surface area contributed by atoms with Crippen molar-refractivity contribution < 1.29 is 9.13 Å². The molecule has 0 fully saturated rings. The molecule has 5 heteroatoms. The van der Waals surface area contributed by atoms with Crippen molar-refractivity contribution in [2.75, 3.05) is 13.7 Å². The molecule has 0 amide bonds. The Morgan fingerprint density at radius 3 is 2.46 bits per heavy atom. The molecule has 0 saturated heterocycles. The van der Waals surface area contributed by atoms with Gasteiger partial charge in [-0.25, -0.2) is 9.38 Å². The third kappa shape index (κ3) is 5.26. The van der Waals surface area contributed by atoms with E-state index in [-0.39, 0.29) is 5.82 Å². The fourth-order valence-electron chi connectivity index (χ4n) is 2.26. The number of halogens is 1. The van der Waals surface area contributed by atoms with E-state index in [1.165, 1.54) is 12.1 Å². The van der Waals surface area contributed by atoms with Crippen LogP contribution in [0.25, 0.3) is 0 Å². The van der Waals surface area contributed by atoms with E-state index < -0.39 is 0 Å². The molecule has 24 heavy (non-hydrogen) atoms. The second-order valence-corrected chi connectivity index (χ2v) is 5.48. The Morgan fingerprint density at radius 1 is 1.08 bits per heavy atom. The average molecular weight is 329 g/mol. The van der Waals surface area contributed by atoms with E-state index in [1.54, 1.807) is 19.2 Å². The molecule has 128 valence electrons. The Bertz CT molecular complexity index is 684. The molecule has 4 nitrogen and oxygen atoms in total. The van der Waals surface area contributed by atoms with Crippen LogP contribution in [0.4, 0.5) is 4.39 Å². The van der Waals surface area contributed by atoms with Crippen LogP contribution in [0.3, 0.4) is 0 Å². The van der Waals surface area contributed by atoms with Gasteiger partial charge in [0.2, 0.25) is 0 Å². The highest BCUT2D eigenvalue weighted by molar-refractivity contribution is 5.79. The summed E-state index contributed by atoms with van der Waals surface area (Å²) in [5, 5.41) is 6.46. The molecule has 2 N–H and O–H groups in total. The van der Waals surface area contributed by atoms with E-state index in [2.05, 4.69) is 15.6 Å². The summed E-state index contributed by atoms with van der Waals surface area (Å²) in [5.74, 6) is 1.36. The summed E-state index contributed by atoms with van der Waals surface area (Å²) < 4.78 is 18.3. The van der Waals surface area contributed by atoms with E-state index >= 15 is 0 Å². The second-order valence-electron chi connectivity index (χ2n) is 5.48. The Hall–Kier alpha value is -2.56. The van der Waals surface area contributed by atoms with Crippen molar-refractivity contribution >= 4 is 5.96 Å². The number of benzene rings is 2. The van der Waals surface area contributed by atoms with Crippen molar-refractivity contribution in [2.24, 2.45) is 4.99 Å². The zero-order chi connectivity index (χ0) is 17.4. The van der Waals surface area contributed by atoms with Gasteiger partial charge in [0, 0.05) is 13.1 Å². The van der Waals surface area contributed by atoms with E-state index in [9.17, 15) is 4.39 Å². The zero-order valence-corrected chi connectivity index (χ0v) is 14.4. The lowest BCUT2D eigenvalue weighted by Crippen LogP contribution is -2.36. The number of nitrogens with one attached hydrogen (secondary N) is 2. The van der Waals surface area contributed by atoms with Crippen LogP contribution < -0.4 is 15.4 Å². The molecule has 0 heterocycles. The van der Waals surface area contributed by atoms with Crippen LogP contribution in [0.1, 0.15) is 23.6 Å². The molecule has 0 unspecified atom stereocenters. The summed E-state index contributed by atoms with van der Waals surface area (Å²) in [4.78, 5) is 4.59. The molecule has 0 aliphatic heterocycles. The molecule has 0 aliphatic carbocycles. The number of rotatable bonds is 6. The normalized spacial score (nSPS) is 11.2. The van der Waals surface area contributed by atoms with Crippen LogP contribution in [-0.4, -0.2) is 19.6 Å². The molecule has 0 atom stereocenters. The van der Waals surface area contributed by atoms with Gasteiger partial charge in [0.15, 0.2) is 5.96 Å². The van der Waals surface area contributed by atoms with Crippen molar-refractivity contribution in [3.8, 4) is 5.75 Å². The molecule has 0 aromatic heterocycles. The lowest BCUT2D eigenvalue weighted by Gasteiger charge is -2.12. The molecular weight excluding hydrogens is 305 g/mol. The topological polar surface area (TPSA) is 45.7 Å². The summed E-state index contributed by atoms with van der Waals surface area (Å²) in [6, 6.07) is 12.5. The molecule has 0 bridgehead atoms. The highest BCUT2D eigenvalue weighted by Gasteiger charge is 2.02. The number of methoxy groups -OCH3 is 1. The van der Waals surface area contributed by atoms with E-state index in [4.69, 9.17) is 4.74 Å². The molecule has 0 saturated carbocycles. The molecule has 2 rings (SSSR count). The van der Waals surface area contributed by atoms with Gasteiger partial charge < -0.3 is 15.4 Å². The van der Waals surface area contributed by atoms with Crippen molar-refractivity contribution in [3.05, 3.63) is 65.0 Å². The van der Waals surface area contributed by atoms with Crippen molar-refractivity contribution in [2.45, 2.75) is 26.9 Å². The summed E-state index contributed by atoms with van der Waals surface area (Å²) in [7, 11) is 1.67. The molecule has 0 aliphatic rings. The first-order valence-electron chi connectivity index (χ1n) is 8.02. The third-order valence-corrected chi connectivity index (χ3v) is 3.61. The predicted molar refractivity (Wildman–Crippen MR) is 95.8 cm³/mol. The molecular formula is C19H24FN3O. The van der Waals surface area contributed by atoms with Gasteiger partial charge in [0.1, 0.15) is 11.6 Å². The molecule has 0 spiro atoms. The summed E-state index contributed by atoms with van der Waals surface area (Å²) in [5.41, 5.74) is 3.18. The van der Waals surface area contributed by atoms with E-state index in [0.29, 0.717) is 13.1 Å². The Labute approximate surface area is 142 Å². The Morgan fingerprint density at radius 2 is 1.79 bits per heavy atom. The Kier molecular flexibility index (Phi) is 6.61. The number of hydrogen-bond donors (Lipinski definition) is 2. The number of ether oxygens (including phenoxy) is 1. The number of nitrogens with zero attached hydrogens (tertiary/aromatic N) is 1. The predicted octanol–water partition coefficient (Wildman–Crippen LogP) is 3.40. The van der Waals surface area contributed by atoms with Crippen molar-refractivity contribution in [3.63, 3.8) is 0 Å². The maximum Gasteiger partial charge on any atom is 0.191 e. The largest absolute Gasteiger partial charge is 0.496 e. The van der Waals surface area contributed by atoms with Crippen molar-refractivity contribution in [1.82, 2.24) is 10.6 Å². The van der Waals surface area contributed by atoms with Crippen LogP contribution in [0, 0.1) is 12.7 Å². The first kappa shape index (κ1) is 17.8. The van der Waals surface area contributed by atoms with Crippen LogP contribution in [0.2, 0.25) is 0 Å². The van der Waals surface area contributed by atoms with Gasteiger partial charge in [-0.2, -0.15) is 0 Å². The maximum atomic E-state index is 12.9. The fraction of sp³-hybridized carbons (Fsp3) is 0.316. The minimum Gasteiger partial charge on any atom is -0.496 e. The van der Waals surface area contributed by atoms with Crippen molar-refractivity contribution in [1.29, 1.82) is 0 Å². The third-order valence-electron chi connectivity index (χ3n) is 3.61. The monoisotopic (exact) mass is 329 g/mol. The number of hydrogen-bond acceptors (Lipinski definition) is 2. The summed E-state index contributed by atoms with van der Waals surface area (Å²) >= 11 is 0. The van der Waals surface area contributed by atoms with E-state index in [0.717, 1.165) is 34.9 Å². The number of aliphatic imine (C=N–C) groups is 1. The van der Waals surface area contributed by atoms with Crippen LogP contribution in [0.15, 0.2) is 47.5 Å². The number of guanidine groups is 1. The van der Waals surface area contributed by atoms with E-state index in [1.807, 2.05) is 32.0 Å². The van der Waals surface area contributed by atoms with Crippen LogP contribution in [-0.2, 0) is 13.1 Å². The van der Waals surface area contributed by atoms with Gasteiger partial charge in [-0.1, -0.05) is 24.3 Å². The van der Waals surface area contributed by atoms with Crippen LogP contribution in [0.5, 0.6) is 5.75 Å². The minimum absolute atomic E-state index is 0.229. The lowest BCUT2D eigenvalue weighted by molar-refractivity contribution is 0.411. The van der Waals surface area contributed by atoms with Crippen LogP contribution >= 0.6 is 0 Å². The standard InChI is InChI=1S/C19H24FN3O/c1-4-21-19(22-12-15-7-9-17(20)10-8-15)23-13-16-6-5-14(2)18(11-16)24-3/h5-11H,4,12-13H2,1-3H3,(H2,21,22,23). The SMILES string of the molecule is CCNC(=NCc1ccc(C)c(OC)c1)NCc1ccc(F)cc1. The van der Waals surface area contributed by atoms with Gasteiger partial charge in [0.25, 0.3) is 0 Å². The Balaban J connectivity index is 2.00. The van der Waals surface area contributed by atoms with Gasteiger partial charge in [0.05, 0.1) is 13.7 Å². The molecule has 2 aromatic carbocycles. The lowest BCUT2D eigenvalue weighted by atomic mass is 10.1. The van der Waals surface area contributed by atoms with Gasteiger partial charge in [-0.15, -0.1) is 0 Å².